The van der Waals surface area contributed by atoms with Crippen molar-refractivity contribution in [3.05, 3.63) is 71.8 Å². The fourth-order valence-corrected chi connectivity index (χ4v) is 4.24. The monoisotopic (exact) mass is 523 g/mol. The van der Waals surface area contributed by atoms with Crippen LogP contribution in [-0.2, 0) is 32.1 Å². The normalized spacial score (nSPS) is 18.1. The van der Waals surface area contributed by atoms with Gasteiger partial charge in [0.1, 0.15) is 24.3 Å². The number of carbonyl (C=O) groups is 3. The van der Waals surface area contributed by atoms with Gasteiger partial charge in [-0.1, -0.05) is 60.7 Å². The van der Waals surface area contributed by atoms with Crippen LogP contribution in [0.2, 0.25) is 0 Å². The van der Waals surface area contributed by atoms with E-state index in [4.69, 9.17) is 20.6 Å². The number of hydrogen-bond donors (Lipinski definition) is 4. The van der Waals surface area contributed by atoms with Crippen molar-refractivity contribution in [1.29, 1.82) is 5.41 Å². The molecule has 10 nitrogen and oxygen atoms in total. The van der Waals surface area contributed by atoms with Crippen molar-refractivity contribution in [3.63, 3.8) is 0 Å². The maximum atomic E-state index is 13.3. The first-order chi connectivity index (χ1) is 18.0. The maximum absolute atomic E-state index is 13.3. The minimum absolute atomic E-state index is 0.0951. The van der Waals surface area contributed by atoms with Crippen molar-refractivity contribution in [3.8, 4) is 0 Å². The third-order valence-corrected chi connectivity index (χ3v) is 6.04. The van der Waals surface area contributed by atoms with Crippen LogP contribution in [0.25, 0.3) is 0 Å². The van der Waals surface area contributed by atoms with Gasteiger partial charge in [0.2, 0.25) is 5.91 Å². The van der Waals surface area contributed by atoms with Crippen LogP contribution in [0.5, 0.6) is 0 Å². The Labute approximate surface area is 223 Å². The smallest absolute Gasteiger partial charge is 0.408 e. The van der Waals surface area contributed by atoms with Gasteiger partial charge in [0.15, 0.2) is 5.96 Å². The summed E-state index contributed by atoms with van der Waals surface area (Å²) in [5.74, 6) is -1.14. The van der Waals surface area contributed by atoms with Crippen LogP contribution in [0.1, 0.15) is 44.7 Å². The number of esters is 1. The molecule has 0 aliphatic carbocycles. The molecule has 0 radical (unpaired) electrons. The Morgan fingerprint density at radius 1 is 1.05 bits per heavy atom. The zero-order valence-corrected chi connectivity index (χ0v) is 22.1. The Kier molecular flexibility index (Phi) is 9.70. The number of nitrogens with zero attached hydrogens (tertiary/aromatic N) is 1. The number of nitrogens with one attached hydrogen (secondary N) is 3. The molecule has 3 rings (SSSR count). The van der Waals surface area contributed by atoms with Crippen LogP contribution in [0.4, 0.5) is 4.79 Å². The molecule has 0 saturated carbocycles. The summed E-state index contributed by atoms with van der Waals surface area (Å²) in [5, 5.41) is 13.6. The van der Waals surface area contributed by atoms with E-state index in [1.54, 1.807) is 20.8 Å². The molecular formula is C28H37N5O5. The molecule has 3 unspecified atom stereocenters. The second-order valence-corrected chi connectivity index (χ2v) is 10.3. The number of carbonyl (C=O) groups excluding carboxylic acids is 3. The van der Waals surface area contributed by atoms with Crippen molar-refractivity contribution in [2.45, 2.75) is 70.4 Å². The summed E-state index contributed by atoms with van der Waals surface area (Å²) < 4.78 is 10.9. The highest BCUT2D eigenvalue weighted by atomic mass is 16.6. The molecule has 0 bridgehead atoms. The van der Waals surface area contributed by atoms with Crippen LogP contribution in [0.3, 0.4) is 0 Å². The molecule has 0 aromatic heterocycles. The predicted octanol–water partition coefficient (Wildman–Crippen LogP) is 2.71. The summed E-state index contributed by atoms with van der Waals surface area (Å²) in [6, 6.07) is 16.6. The lowest BCUT2D eigenvalue weighted by molar-refractivity contribution is -0.151. The molecule has 1 saturated heterocycles. The van der Waals surface area contributed by atoms with Gasteiger partial charge in [-0.05, 0) is 44.7 Å². The van der Waals surface area contributed by atoms with Gasteiger partial charge in [0, 0.05) is 19.0 Å². The molecule has 5 N–H and O–H groups in total. The van der Waals surface area contributed by atoms with Crippen LogP contribution in [0.15, 0.2) is 60.7 Å². The van der Waals surface area contributed by atoms with E-state index in [1.165, 1.54) is 4.90 Å². The Balaban J connectivity index is 1.68. The SMILES string of the molecule is CC(C)(C)OC(=O)NC(Cc1ccccc1)C(=O)NC1CCN(C(=N)N)C(C(=O)OCc2ccccc2)C1. The number of likely N-dealkylation sites (tertiary alicyclic amines) is 1. The Bertz CT molecular complexity index is 1100. The lowest BCUT2D eigenvalue weighted by atomic mass is 9.96. The molecule has 1 fully saturated rings. The van der Waals surface area contributed by atoms with Crippen molar-refractivity contribution in [2.75, 3.05) is 6.54 Å². The highest BCUT2D eigenvalue weighted by Gasteiger charge is 2.37. The number of rotatable bonds is 8. The van der Waals surface area contributed by atoms with E-state index in [0.717, 1.165) is 11.1 Å². The first-order valence-corrected chi connectivity index (χ1v) is 12.7. The molecule has 204 valence electrons. The zero-order chi connectivity index (χ0) is 27.7. The number of guanidine groups is 1. The van der Waals surface area contributed by atoms with E-state index in [1.807, 2.05) is 60.7 Å². The van der Waals surface area contributed by atoms with Crippen LogP contribution in [-0.4, -0.2) is 59.1 Å². The summed E-state index contributed by atoms with van der Waals surface area (Å²) in [7, 11) is 0. The van der Waals surface area contributed by atoms with Crippen molar-refractivity contribution < 1.29 is 23.9 Å². The zero-order valence-electron chi connectivity index (χ0n) is 22.1. The number of nitrogens with two attached hydrogens (primary N) is 1. The quantitative estimate of drug-likeness (QED) is 0.236. The molecule has 1 heterocycles. The van der Waals surface area contributed by atoms with Crippen LogP contribution >= 0.6 is 0 Å². The van der Waals surface area contributed by atoms with E-state index in [2.05, 4.69) is 10.6 Å². The summed E-state index contributed by atoms with van der Waals surface area (Å²) in [6.45, 7) is 5.64. The van der Waals surface area contributed by atoms with Gasteiger partial charge in [0.25, 0.3) is 0 Å². The summed E-state index contributed by atoms with van der Waals surface area (Å²) >= 11 is 0. The molecule has 1 aliphatic rings. The first kappa shape index (κ1) is 28.5. The number of benzene rings is 2. The van der Waals surface area contributed by atoms with Gasteiger partial charge in [0.05, 0.1) is 0 Å². The second kappa shape index (κ2) is 12.9. The van der Waals surface area contributed by atoms with Gasteiger partial charge < -0.3 is 30.7 Å². The molecule has 3 atom stereocenters. The largest absolute Gasteiger partial charge is 0.459 e. The van der Waals surface area contributed by atoms with Crippen molar-refractivity contribution in [2.24, 2.45) is 5.73 Å². The Morgan fingerprint density at radius 3 is 2.24 bits per heavy atom. The molecule has 2 aromatic rings. The van der Waals surface area contributed by atoms with E-state index >= 15 is 0 Å². The lowest BCUT2D eigenvalue weighted by Crippen LogP contribution is -2.58. The summed E-state index contributed by atoms with van der Waals surface area (Å²) in [4.78, 5) is 40.3. The highest BCUT2D eigenvalue weighted by molar-refractivity contribution is 5.87. The molecule has 2 aromatic carbocycles. The van der Waals surface area contributed by atoms with Crippen LogP contribution < -0.4 is 16.4 Å². The number of hydrogen-bond acceptors (Lipinski definition) is 6. The third kappa shape index (κ3) is 8.79. The minimum Gasteiger partial charge on any atom is -0.459 e. The fourth-order valence-electron chi connectivity index (χ4n) is 4.24. The van der Waals surface area contributed by atoms with Gasteiger partial charge in [-0.3, -0.25) is 10.2 Å². The van der Waals surface area contributed by atoms with Gasteiger partial charge in [-0.2, -0.15) is 0 Å². The average Bonchev–Trinajstić information content (AvgIpc) is 2.86. The Hall–Kier alpha value is -4.08. The third-order valence-electron chi connectivity index (χ3n) is 6.04. The second-order valence-electron chi connectivity index (χ2n) is 10.3. The lowest BCUT2D eigenvalue weighted by Gasteiger charge is -2.38. The Morgan fingerprint density at radius 2 is 1.66 bits per heavy atom. The number of ether oxygens (including phenoxy) is 2. The van der Waals surface area contributed by atoms with Crippen molar-refractivity contribution in [1.82, 2.24) is 15.5 Å². The molecule has 38 heavy (non-hydrogen) atoms. The van der Waals surface area contributed by atoms with E-state index in [-0.39, 0.29) is 31.4 Å². The minimum atomic E-state index is -0.887. The molecule has 10 heteroatoms. The molecule has 0 spiro atoms. The van der Waals surface area contributed by atoms with Gasteiger partial charge in [-0.15, -0.1) is 0 Å². The molecule has 1 aliphatic heterocycles. The standard InChI is InChI=1S/C28H37N5O5/c1-28(2,3)38-27(36)32-22(16-19-10-6-4-7-11-19)24(34)31-21-14-15-33(26(29)30)23(17-21)25(35)37-18-20-12-8-5-9-13-20/h4-13,21-23H,14-18H2,1-3H3,(H3,29,30)(H,31,34)(H,32,36). The van der Waals surface area contributed by atoms with Gasteiger partial charge >= 0.3 is 12.1 Å². The van der Waals surface area contributed by atoms with E-state index in [9.17, 15) is 14.4 Å². The maximum Gasteiger partial charge on any atom is 0.408 e. The number of piperidine rings is 1. The van der Waals surface area contributed by atoms with E-state index in [0.29, 0.717) is 13.0 Å². The topological polar surface area (TPSA) is 147 Å². The molecule has 2 amide bonds. The average molecular weight is 524 g/mol. The predicted molar refractivity (Wildman–Crippen MR) is 143 cm³/mol. The van der Waals surface area contributed by atoms with Crippen molar-refractivity contribution >= 4 is 23.9 Å². The number of amides is 2. The number of alkyl carbamates (subject to hydrolysis) is 1. The van der Waals surface area contributed by atoms with Gasteiger partial charge in [-0.25, -0.2) is 9.59 Å². The fraction of sp³-hybridized carbons (Fsp3) is 0.429. The first-order valence-electron chi connectivity index (χ1n) is 12.7. The van der Waals surface area contributed by atoms with Crippen LogP contribution in [0, 0.1) is 5.41 Å². The summed E-state index contributed by atoms with van der Waals surface area (Å²) in [5.41, 5.74) is 6.74. The highest BCUT2D eigenvalue weighted by Crippen LogP contribution is 2.20. The summed E-state index contributed by atoms with van der Waals surface area (Å²) in [6.07, 6.45) is 0.255. The molecular weight excluding hydrogens is 486 g/mol. The van der Waals surface area contributed by atoms with E-state index < -0.39 is 35.7 Å².